The Morgan fingerprint density at radius 2 is 0.935 bits per heavy atom. The van der Waals surface area contributed by atoms with E-state index in [1.807, 2.05) is 0 Å². The summed E-state index contributed by atoms with van der Waals surface area (Å²) < 4.78 is 34.6. The summed E-state index contributed by atoms with van der Waals surface area (Å²) in [6, 6.07) is 0. The van der Waals surface area contributed by atoms with E-state index in [1.165, 1.54) is 0 Å². The van der Waals surface area contributed by atoms with Crippen LogP contribution < -0.4 is 0 Å². The van der Waals surface area contributed by atoms with Crippen LogP contribution in [0.4, 0.5) is 9.59 Å². The van der Waals surface area contributed by atoms with E-state index in [4.69, 9.17) is 33.2 Å². The SMILES string of the molecule is C=CC(=O)OC(C)COC(=O)OC(C)COCC(C)OC(=O)OCC(C)OC(=O)C=C. The van der Waals surface area contributed by atoms with Gasteiger partial charge in [-0.25, -0.2) is 19.2 Å². The molecular weight excluding hydrogens is 416 g/mol. The fraction of sp³-hybridized carbons (Fsp3) is 0.600. The minimum absolute atomic E-state index is 0.0212. The van der Waals surface area contributed by atoms with E-state index in [1.54, 1.807) is 27.7 Å². The van der Waals surface area contributed by atoms with Gasteiger partial charge >= 0.3 is 24.2 Å². The minimum atomic E-state index is -0.947. The van der Waals surface area contributed by atoms with Crippen molar-refractivity contribution in [1.29, 1.82) is 0 Å². The Bertz CT molecular complexity index is 564. The van der Waals surface area contributed by atoms with Crippen molar-refractivity contribution in [3.63, 3.8) is 0 Å². The highest BCUT2D eigenvalue weighted by Crippen LogP contribution is 2.02. The van der Waals surface area contributed by atoms with Gasteiger partial charge in [0.25, 0.3) is 0 Å². The molecule has 4 unspecified atom stereocenters. The van der Waals surface area contributed by atoms with Gasteiger partial charge in [-0.15, -0.1) is 0 Å². The lowest BCUT2D eigenvalue weighted by Gasteiger charge is -2.18. The van der Waals surface area contributed by atoms with Crippen molar-refractivity contribution in [2.75, 3.05) is 26.4 Å². The van der Waals surface area contributed by atoms with Crippen molar-refractivity contribution in [2.24, 2.45) is 0 Å². The van der Waals surface area contributed by atoms with Gasteiger partial charge in [-0.2, -0.15) is 0 Å². The van der Waals surface area contributed by atoms with Gasteiger partial charge in [0, 0.05) is 12.2 Å². The van der Waals surface area contributed by atoms with E-state index >= 15 is 0 Å². The van der Waals surface area contributed by atoms with E-state index in [2.05, 4.69) is 13.2 Å². The lowest BCUT2D eigenvalue weighted by atomic mass is 10.4. The fourth-order valence-electron chi connectivity index (χ4n) is 1.80. The van der Waals surface area contributed by atoms with Gasteiger partial charge in [-0.1, -0.05) is 13.2 Å². The van der Waals surface area contributed by atoms with Crippen LogP contribution in [0.3, 0.4) is 0 Å². The number of ether oxygens (including phenoxy) is 7. The van der Waals surface area contributed by atoms with E-state index in [0.29, 0.717) is 0 Å². The summed E-state index contributed by atoms with van der Waals surface area (Å²) in [5.74, 6) is -1.26. The molecule has 0 aromatic rings. The van der Waals surface area contributed by atoms with Crippen LogP contribution >= 0.6 is 0 Å². The maximum atomic E-state index is 11.6. The molecule has 0 rings (SSSR count). The smallest absolute Gasteiger partial charge is 0.456 e. The summed E-state index contributed by atoms with van der Waals surface area (Å²) in [5, 5.41) is 0. The third-order valence-corrected chi connectivity index (χ3v) is 3.14. The molecule has 0 saturated heterocycles. The molecule has 0 bridgehead atoms. The van der Waals surface area contributed by atoms with Crippen LogP contribution in [0.2, 0.25) is 0 Å². The van der Waals surface area contributed by atoms with Crippen LogP contribution in [0.25, 0.3) is 0 Å². The number of hydrogen-bond acceptors (Lipinski definition) is 11. The summed E-state index contributed by atoms with van der Waals surface area (Å²) in [7, 11) is 0. The van der Waals surface area contributed by atoms with Crippen molar-refractivity contribution < 1.29 is 52.3 Å². The molecule has 0 aliphatic rings. The molecule has 176 valence electrons. The van der Waals surface area contributed by atoms with E-state index in [-0.39, 0.29) is 26.4 Å². The van der Waals surface area contributed by atoms with Crippen LogP contribution in [-0.2, 0) is 42.7 Å². The Balaban J connectivity index is 3.95. The second kappa shape index (κ2) is 15.7. The molecule has 0 amide bonds. The molecular formula is C20H30O11. The van der Waals surface area contributed by atoms with Gasteiger partial charge < -0.3 is 33.2 Å². The van der Waals surface area contributed by atoms with Crippen LogP contribution in [0.1, 0.15) is 27.7 Å². The van der Waals surface area contributed by atoms with Gasteiger partial charge in [0.05, 0.1) is 13.2 Å². The standard InChI is InChI=1S/C20H30O11/c1-7-17(21)28-15(5)11-26-19(23)30-13(3)9-25-10-14(4)31-20(24)27-12-16(6)29-18(22)8-2/h7-8,13-16H,1-2,9-12H2,3-6H3. The lowest BCUT2D eigenvalue weighted by Crippen LogP contribution is -2.28. The topological polar surface area (TPSA) is 133 Å². The molecule has 0 aromatic heterocycles. The molecule has 4 atom stereocenters. The second-order valence-electron chi connectivity index (χ2n) is 6.42. The highest BCUT2D eigenvalue weighted by atomic mass is 16.7. The van der Waals surface area contributed by atoms with Crippen LogP contribution in [-0.4, -0.2) is 75.1 Å². The number of carbonyl (C=O) groups is 4. The quantitative estimate of drug-likeness (QED) is 0.221. The first kappa shape index (κ1) is 27.9. The van der Waals surface area contributed by atoms with Crippen molar-refractivity contribution in [3.8, 4) is 0 Å². The number of esters is 2. The zero-order valence-electron chi connectivity index (χ0n) is 18.2. The molecule has 0 aliphatic heterocycles. The molecule has 0 aromatic carbocycles. The first-order chi connectivity index (χ1) is 14.6. The maximum Gasteiger partial charge on any atom is 0.508 e. The van der Waals surface area contributed by atoms with Gasteiger partial charge in [0.1, 0.15) is 37.6 Å². The molecule has 11 nitrogen and oxygen atoms in total. The summed E-state index contributed by atoms with van der Waals surface area (Å²) in [6.45, 7) is 12.4. The highest BCUT2D eigenvalue weighted by molar-refractivity contribution is 5.81. The number of rotatable bonds is 14. The van der Waals surface area contributed by atoms with Gasteiger partial charge in [0.2, 0.25) is 0 Å². The number of hydrogen-bond donors (Lipinski definition) is 0. The molecule has 0 spiro atoms. The second-order valence-corrected chi connectivity index (χ2v) is 6.42. The van der Waals surface area contributed by atoms with Crippen molar-refractivity contribution in [1.82, 2.24) is 0 Å². The zero-order valence-corrected chi connectivity index (χ0v) is 18.2. The molecule has 31 heavy (non-hydrogen) atoms. The Morgan fingerprint density at radius 3 is 1.26 bits per heavy atom. The van der Waals surface area contributed by atoms with Crippen LogP contribution in [0, 0.1) is 0 Å². The largest absolute Gasteiger partial charge is 0.508 e. The van der Waals surface area contributed by atoms with Gasteiger partial charge in [-0.3, -0.25) is 0 Å². The molecule has 11 heteroatoms. The Kier molecular flexibility index (Phi) is 14.2. The highest BCUT2D eigenvalue weighted by Gasteiger charge is 2.17. The summed E-state index contributed by atoms with van der Waals surface area (Å²) in [6.07, 6.45) is -2.48. The number of carbonyl (C=O) groups excluding carboxylic acids is 4. The third-order valence-electron chi connectivity index (χ3n) is 3.14. The lowest BCUT2D eigenvalue weighted by molar-refractivity contribution is -0.145. The molecule has 0 fully saturated rings. The van der Waals surface area contributed by atoms with Crippen molar-refractivity contribution >= 4 is 24.2 Å². The third kappa shape index (κ3) is 15.4. The molecule has 0 saturated carbocycles. The van der Waals surface area contributed by atoms with Gasteiger partial charge in [0.15, 0.2) is 0 Å². The van der Waals surface area contributed by atoms with Crippen molar-refractivity contribution in [3.05, 3.63) is 25.3 Å². The van der Waals surface area contributed by atoms with E-state index < -0.39 is 48.7 Å². The van der Waals surface area contributed by atoms with Crippen LogP contribution in [0.5, 0.6) is 0 Å². The summed E-state index contributed by atoms with van der Waals surface area (Å²) in [4.78, 5) is 45.2. The molecule has 0 N–H and O–H groups in total. The Morgan fingerprint density at radius 1 is 0.613 bits per heavy atom. The average Bonchev–Trinajstić information content (AvgIpc) is 2.70. The molecule has 0 heterocycles. The maximum absolute atomic E-state index is 11.6. The first-order valence-corrected chi connectivity index (χ1v) is 9.47. The van der Waals surface area contributed by atoms with E-state index in [9.17, 15) is 19.2 Å². The molecule has 0 radical (unpaired) electrons. The Labute approximate surface area is 181 Å². The molecule has 0 aliphatic carbocycles. The van der Waals surface area contributed by atoms with Crippen LogP contribution in [0.15, 0.2) is 25.3 Å². The van der Waals surface area contributed by atoms with Gasteiger partial charge in [-0.05, 0) is 27.7 Å². The summed E-state index contributed by atoms with van der Waals surface area (Å²) >= 11 is 0. The van der Waals surface area contributed by atoms with E-state index in [0.717, 1.165) is 12.2 Å². The normalized spacial score (nSPS) is 14.1. The predicted molar refractivity (Wildman–Crippen MR) is 106 cm³/mol. The van der Waals surface area contributed by atoms with Crippen molar-refractivity contribution in [2.45, 2.75) is 52.1 Å². The fourth-order valence-corrected chi connectivity index (χ4v) is 1.80. The average molecular weight is 446 g/mol. The zero-order chi connectivity index (χ0) is 23.8. The minimum Gasteiger partial charge on any atom is -0.456 e. The monoisotopic (exact) mass is 446 g/mol. The first-order valence-electron chi connectivity index (χ1n) is 9.47. The Hall–Kier alpha value is -3.08. The summed E-state index contributed by atoms with van der Waals surface area (Å²) in [5.41, 5.74) is 0. The predicted octanol–water partition coefficient (Wildman–Crippen LogP) is 2.32.